The lowest BCUT2D eigenvalue weighted by molar-refractivity contribution is -0.122. The third kappa shape index (κ3) is 3.70. The summed E-state index contributed by atoms with van der Waals surface area (Å²) in [5.41, 5.74) is 0.940. The zero-order chi connectivity index (χ0) is 13.1. The Morgan fingerprint density at radius 1 is 1.47 bits per heavy atom. The van der Waals surface area contributed by atoms with Crippen molar-refractivity contribution in [2.45, 2.75) is 44.4 Å². The fourth-order valence-corrected chi connectivity index (χ4v) is 2.23. The highest BCUT2D eigenvalue weighted by Crippen LogP contribution is 2.18. The van der Waals surface area contributed by atoms with Crippen molar-refractivity contribution in [3.8, 4) is 0 Å². The first-order valence-corrected chi connectivity index (χ1v) is 6.97. The van der Waals surface area contributed by atoms with Crippen molar-refractivity contribution in [1.82, 2.24) is 15.1 Å². The van der Waals surface area contributed by atoms with Gasteiger partial charge in [0.1, 0.15) is 6.54 Å². The third-order valence-electron chi connectivity index (χ3n) is 3.44. The molecule has 1 aliphatic carbocycles. The largest absolute Gasteiger partial charge is 0.380 e. The molecule has 1 aliphatic heterocycles. The Bertz CT molecular complexity index is 436. The first-order valence-electron chi connectivity index (χ1n) is 6.97. The Kier molecular flexibility index (Phi) is 3.68. The number of rotatable bonds is 6. The van der Waals surface area contributed by atoms with Crippen LogP contribution in [-0.2, 0) is 16.1 Å². The molecule has 2 aliphatic rings. The van der Waals surface area contributed by atoms with Crippen LogP contribution in [0.1, 0.15) is 25.7 Å². The molecule has 1 saturated carbocycles. The van der Waals surface area contributed by atoms with Gasteiger partial charge in [0.2, 0.25) is 5.91 Å². The van der Waals surface area contributed by atoms with E-state index in [2.05, 4.69) is 15.7 Å². The monoisotopic (exact) mass is 264 g/mol. The van der Waals surface area contributed by atoms with Crippen molar-refractivity contribution < 1.29 is 9.53 Å². The second kappa shape index (κ2) is 5.61. The zero-order valence-corrected chi connectivity index (χ0v) is 11.0. The molecular weight excluding hydrogens is 244 g/mol. The van der Waals surface area contributed by atoms with Gasteiger partial charge in [0, 0.05) is 25.4 Å². The number of aromatic nitrogens is 2. The van der Waals surface area contributed by atoms with Gasteiger partial charge in [-0.25, -0.2) is 0 Å². The van der Waals surface area contributed by atoms with Crippen molar-refractivity contribution in [1.29, 1.82) is 0 Å². The van der Waals surface area contributed by atoms with Gasteiger partial charge in [-0.2, -0.15) is 5.10 Å². The fraction of sp³-hybridized carbons (Fsp3) is 0.692. The summed E-state index contributed by atoms with van der Waals surface area (Å²) in [7, 11) is 0. The fourth-order valence-electron chi connectivity index (χ4n) is 2.23. The van der Waals surface area contributed by atoms with Crippen LogP contribution in [0.15, 0.2) is 12.4 Å². The van der Waals surface area contributed by atoms with E-state index in [0.717, 1.165) is 44.5 Å². The van der Waals surface area contributed by atoms with Crippen molar-refractivity contribution in [2.24, 2.45) is 0 Å². The molecule has 0 spiro atoms. The first-order chi connectivity index (χ1) is 9.29. The van der Waals surface area contributed by atoms with Crippen LogP contribution < -0.4 is 10.6 Å². The van der Waals surface area contributed by atoms with Crippen molar-refractivity contribution >= 4 is 11.6 Å². The van der Waals surface area contributed by atoms with Gasteiger partial charge >= 0.3 is 0 Å². The predicted octanol–water partition coefficient (Wildman–Crippen LogP) is 0.753. The average Bonchev–Trinajstić information content (AvgIpc) is 2.91. The smallest absolute Gasteiger partial charge is 0.241 e. The van der Waals surface area contributed by atoms with Gasteiger partial charge in [0.25, 0.3) is 0 Å². The topological polar surface area (TPSA) is 68.2 Å². The van der Waals surface area contributed by atoms with E-state index in [1.54, 1.807) is 10.9 Å². The minimum atomic E-state index is 0.0382. The average molecular weight is 264 g/mol. The Labute approximate surface area is 112 Å². The molecule has 104 valence electrons. The summed E-state index contributed by atoms with van der Waals surface area (Å²) in [5.74, 6) is 0.0382. The number of nitrogens with zero attached hydrogens (tertiary/aromatic N) is 2. The molecule has 0 bridgehead atoms. The van der Waals surface area contributed by atoms with Crippen LogP contribution in [0.3, 0.4) is 0 Å². The van der Waals surface area contributed by atoms with Crippen LogP contribution in [0.4, 0.5) is 5.69 Å². The molecule has 1 saturated heterocycles. The number of carbonyl (C=O) groups is 1. The molecule has 0 radical (unpaired) electrons. The number of anilines is 1. The highest BCUT2D eigenvalue weighted by molar-refractivity contribution is 5.76. The second-order valence-electron chi connectivity index (χ2n) is 5.28. The van der Waals surface area contributed by atoms with Crippen molar-refractivity contribution in [3.63, 3.8) is 0 Å². The maximum atomic E-state index is 11.6. The number of ether oxygens (including phenoxy) is 1. The predicted molar refractivity (Wildman–Crippen MR) is 70.9 cm³/mol. The summed E-state index contributed by atoms with van der Waals surface area (Å²) in [4.78, 5) is 11.6. The third-order valence-corrected chi connectivity index (χ3v) is 3.44. The van der Waals surface area contributed by atoms with Crippen LogP contribution in [0.2, 0.25) is 0 Å². The molecule has 1 amide bonds. The normalized spacial score (nSPS) is 22.4. The number of nitrogens with one attached hydrogen (secondary N) is 2. The van der Waals surface area contributed by atoms with E-state index < -0.39 is 0 Å². The van der Waals surface area contributed by atoms with Crippen molar-refractivity contribution in [3.05, 3.63) is 12.4 Å². The Morgan fingerprint density at radius 2 is 2.37 bits per heavy atom. The van der Waals surface area contributed by atoms with E-state index in [1.807, 2.05) is 6.20 Å². The highest BCUT2D eigenvalue weighted by atomic mass is 16.5. The summed E-state index contributed by atoms with van der Waals surface area (Å²) < 4.78 is 7.21. The lowest BCUT2D eigenvalue weighted by Crippen LogP contribution is -2.29. The lowest BCUT2D eigenvalue weighted by Gasteiger charge is -2.09. The van der Waals surface area contributed by atoms with Gasteiger partial charge in [0.05, 0.1) is 18.0 Å². The second-order valence-corrected chi connectivity index (χ2v) is 5.28. The minimum Gasteiger partial charge on any atom is -0.380 e. The number of hydrogen-bond donors (Lipinski definition) is 2. The van der Waals surface area contributed by atoms with E-state index in [0.29, 0.717) is 12.1 Å². The Hall–Kier alpha value is -1.56. The number of carbonyl (C=O) groups excluding carboxylic acids is 1. The number of hydrogen-bond acceptors (Lipinski definition) is 4. The quantitative estimate of drug-likeness (QED) is 0.795. The molecule has 6 nitrogen and oxygen atoms in total. The molecule has 1 aromatic rings. The van der Waals surface area contributed by atoms with Crippen LogP contribution in [-0.4, -0.2) is 41.0 Å². The molecule has 1 atom stereocenters. The van der Waals surface area contributed by atoms with Crippen LogP contribution in [0.5, 0.6) is 0 Å². The molecule has 0 aromatic carbocycles. The molecular formula is C13H20N4O2. The molecule has 19 heavy (non-hydrogen) atoms. The maximum absolute atomic E-state index is 11.6. The van der Waals surface area contributed by atoms with Gasteiger partial charge in [-0.15, -0.1) is 0 Å². The SMILES string of the molecule is O=C(Cn1cc(NCC2CCCO2)cn1)NC1CC1. The van der Waals surface area contributed by atoms with Crippen LogP contribution >= 0.6 is 0 Å². The summed E-state index contributed by atoms with van der Waals surface area (Å²) in [6.45, 7) is 1.96. The van der Waals surface area contributed by atoms with E-state index in [1.165, 1.54) is 0 Å². The van der Waals surface area contributed by atoms with E-state index in [-0.39, 0.29) is 12.5 Å². The van der Waals surface area contributed by atoms with Crippen LogP contribution in [0, 0.1) is 0 Å². The molecule has 2 heterocycles. The highest BCUT2D eigenvalue weighted by Gasteiger charge is 2.23. The van der Waals surface area contributed by atoms with Gasteiger partial charge in [-0.1, -0.05) is 0 Å². The molecule has 6 heteroatoms. The Morgan fingerprint density at radius 3 is 3.11 bits per heavy atom. The summed E-state index contributed by atoms with van der Waals surface area (Å²) >= 11 is 0. The first kappa shape index (κ1) is 12.5. The Balaban J connectivity index is 1.43. The minimum absolute atomic E-state index is 0.0382. The number of amides is 1. The van der Waals surface area contributed by atoms with E-state index >= 15 is 0 Å². The molecule has 2 N–H and O–H groups in total. The summed E-state index contributed by atoms with van der Waals surface area (Å²) in [5, 5.41) is 10.4. The molecule has 3 rings (SSSR count). The van der Waals surface area contributed by atoms with E-state index in [9.17, 15) is 4.79 Å². The van der Waals surface area contributed by atoms with Gasteiger partial charge in [-0.3, -0.25) is 9.48 Å². The van der Waals surface area contributed by atoms with Crippen LogP contribution in [0.25, 0.3) is 0 Å². The maximum Gasteiger partial charge on any atom is 0.241 e. The van der Waals surface area contributed by atoms with Gasteiger partial charge in [-0.05, 0) is 25.7 Å². The van der Waals surface area contributed by atoms with Crippen molar-refractivity contribution in [2.75, 3.05) is 18.5 Å². The van der Waals surface area contributed by atoms with E-state index in [4.69, 9.17) is 4.74 Å². The summed E-state index contributed by atoms with van der Waals surface area (Å²) in [6.07, 6.45) is 8.40. The van der Waals surface area contributed by atoms with Gasteiger partial charge in [0.15, 0.2) is 0 Å². The zero-order valence-electron chi connectivity index (χ0n) is 11.0. The van der Waals surface area contributed by atoms with Gasteiger partial charge < -0.3 is 15.4 Å². The summed E-state index contributed by atoms with van der Waals surface area (Å²) in [6, 6.07) is 0.403. The molecule has 2 fully saturated rings. The molecule has 1 aromatic heterocycles. The lowest BCUT2D eigenvalue weighted by atomic mass is 10.2. The standard InChI is InChI=1S/C13H20N4O2/c18-13(16-10-3-4-10)9-17-8-11(6-15-17)14-7-12-2-1-5-19-12/h6,8,10,12,14H,1-5,7,9H2,(H,16,18). The molecule has 1 unspecified atom stereocenters.